The molecule has 4 rings (SSSR count). The molecule has 5 nitrogen and oxygen atoms in total. The number of hydrogen-bond donors (Lipinski definition) is 1. The molecule has 0 aromatic heterocycles. The molecule has 0 bridgehead atoms. The van der Waals surface area contributed by atoms with Gasteiger partial charge >= 0.3 is 0 Å². The Morgan fingerprint density at radius 2 is 1.94 bits per heavy atom. The number of aryl methyl sites for hydroxylation is 1. The summed E-state index contributed by atoms with van der Waals surface area (Å²) < 4.78 is 5.54. The van der Waals surface area contributed by atoms with Gasteiger partial charge in [-0.1, -0.05) is 48.9 Å². The van der Waals surface area contributed by atoms with Gasteiger partial charge in [-0.3, -0.25) is 4.79 Å². The second-order valence-electron chi connectivity index (χ2n) is 10.7. The molecule has 2 fully saturated rings. The highest BCUT2D eigenvalue weighted by Crippen LogP contribution is 2.50. The monoisotopic (exact) mass is 478 g/mol. The quantitative estimate of drug-likeness (QED) is 0.532. The minimum absolute atomic E-state index is 0.0488. The van der Waals surface area contributed by atoms with Crippen molar-refractivity contribution in [3.8, 4) is 5.75 Å². The van der Waals surface area contributed by atoms with Gasteiger partial charge in [0.2, 0.25) is 5.91 Å². The Hall–Kier alpha value is -2.37. The van der Waals surface area contributed by atoms with E-state index >= 15 is 0 Å². The largest absolute Gasteiger partial charge is 0.497 e. The van der Waals surface area contributed by atoms with Gasteiger partial charge in [0.25, 0.3) is 0 Å². The Bertz CT molecular complexity index is 965. The fourth-order valence-corrected chi connectivity index (χ4v) is 6.38. The van der Waals surface area contributed by atoms with Crippen molar-refractivity contribution >= 4 is 5.91 Å². The first kappa shape index (κ1) is 25.7. The van der Waals surface area contributed by atoms with Gasteiger partial charge in [0.15, 0.2) is 0 Å². The Balaban J connectivity index is 1.40. The summed E-state index contributed by atoms with van der Waals surface area (Å²) in [6, 6.07) is 19.0. The van der Waals surface area contributed by atoms with Gasteiger partial charge in [-0.05, 0) is 75.4 Å². The fraction of sp³-hybridized carbons (Fsp3) is 0.567. The van der Waals surface area contributed by atoms with Crippen LogP contribution in [0.5, 0.6) is 5.75 Å². The van der Waals surface area contributed by atoms with Crippen LogP contribution < -0.4 is 4.74 Å². The maximum Gasteiger partial charge on any atom is 0.222 e. The molecule has 5 heteroatoms. The third-order valence-corrected chi connectivity index (χ3v) is 8.52. The molecule has 190 valence electrons. The molecule has 1 saturated heterocycles. The number of ether oxygens (including phenoxy) is 1. The first-order valence-electron chi connectivity index (χ1n) is 13.2. The average Bonchev–Trinajstić information content (AvgIpc) is 2.89. The summed E-state index contributed by atoms with van der Waals surface area (Å²) in [5.74, 6) is 1.21. The summed E-state index contributed by atoms with van der Waals surface area (Å²) in [5, 5.41) is 11.3. The highest BCUT2D eigenvalue weighted by Gasteiger charge is 2.52. The zero-order valence-electron chi connectivity index (χ0n) is 21.7. The number of carbonyl (C=O) groups excluding carboxylic acids is 1. The Morgan fingerprint density at radius 3 is 2.71 bits per heavy atom. The average molecular weight is 479 g/mol. The molecule has 2 aromatic carbocycles. The van der Waals surface area contributed by atoms with Crippen molar-refractivity contribution in [1.29, 1.82) is 0 Å². The summed E-state index contributed by atoms with van der Waals surface area (Å²) in [6.07, 6.45) is 6.84. The maximum atomic E-state index is 13.2. The third-order valence-electron chi connectivity index (χ3n) is 8.52. The van der Waals surface area contributed by atoms with Crippen LogP contribution in [0.25, 0.3) is 0 Å². The number of likely N-dealkylation sites (tertiary alicyclic amines) is 1. The van der Waals surface area contributed by atoms with Gasteiger partial charge < -0.3 is 19.6 Å². The van der Waals surface area contributed by atoms with Gasteiger partial charge in [-0.2, -0.15) is 0 Å². The number of aliphatic hydroxyl groups is 1. The molecule has 1 N–H and O–H groups in total. The molecule has 2 aromatic rings. The summed E-state index contributed by atoms with van der Waals surface area (Å²) in [5.41, 5.74) is 2.45. The van der Waals surface area contributed by atoms with Crippen molar-refractivity contribution in [2.24, 2.45) is 5.92 Å². The molecule has 4 unspecified atom stereocenters. The first-order valence-corrected chi connectivity index (χ1v) is 13.2. The maximum absolute atomic E-state index is 13.2. The molecular weight excluding hydrogens is 436 g/mol. The van der Waals surface area contributed by atoms with E-state index in [0.29, 0.717) is 12.8 Å². The number of carbonyl (C=O) groups is 1. The number of rotatable bonds is 9. The Morgan fingerprint density at radius 1 is 1.14 bits per heavy atom. The topological polar surface area (TPSA) is 53.0 Å². The van der Waals surface area contributed by atoms with Crippen molar-refractivity contribution in [2.45, 2.75) is 68.9 Å². The molecule has 0 spiro atoms. The van der Waals surface area contributed by atoms with Gasteiger partial charge in [-0.15, -0.1) is 0 Å². The summed E-state index contributed by atoms with van der Waals surface area (Å²) >= 11 is 0. The first-order chi connectivity index (χ1) is 16.9. The molecule has 0 radical (unpaired) electrons. The summed E-state index contributed by atoms with van der Waals surface area (Å²) in [6.45, 7) is 1.87. The molecule has 35 heavy (non-hydrogen) atoms. The Kier molecular flexibility index (Phi) is 8.51. The van der Waals surface area contributed by atoms with Crippen molar-refractivity contribution in [3.05, 3.63) is 65.7 Å². The fourth-order valence-electron chi connectivity index (χ4n) is 6.38. The van der Waals surface area contributed by atoms with Gasteiger partial charge in [-0.25, -0.2) is 0 Å². The van der Waals surface area contributed by atoms with E-state index in [4.69, 9.17) is 4.74 Å². The second kappa shape index (κ2) is 11.6. The highest BCUT2D eigenvalue weighted by molar-refractivity contribution is 5.76. The number of amides is 1. The third kappa shape index (κ3) is 5.90. The minimum Gasteiger partial charge on any atom is -0.497 e. The number of unbranched alkanes of at least 4 members (excludes halogenated alkanes) is 2. The SMILES string of the molecule is COc1cccc(C23CCN(C)CC2C(O)CC(N(C)C(=O)CCCCCc2ccccc2)C3)c1. The van der Waals surface area contributed by atoms with Gasteiger partial charge in [0.1, 0.15) is 5.75 Å². The standard InChI is InChI=1S/C30H42N2O3/c1-31-18-17-30(24-14-10-15-26(19-24)35-3)21-25(20-28(33)27(30)22-31)32(2)29(34)16-9-5-8-13-23-11-6-4-7-12-23/h4,6-7,10-12,14-15,19,25,27-28,33H,5,8-9,13,16-18,20-22H2,1-3H3. The zero-order valence-corrected chi connectivity index (χ0v) is 21.7. The van der Waals surface area contributed by atoms with Crippen LogP contribution in [-0.4, -0.2) is 67.3 Å². The van der Waals surface area contributed by atoms with E-state index in [-0.39, 0.29) is 23.3 Å². The molecule has 2 aliphatic rings. The molecular formula is C30H42N2O3. The number of nitrogens with zero attached hydrogens (tertiary/aromatic N) is 2. The Labute approximate surface area is 211 Å². The van der Waals surface area contributed by atoms with Crippen LogP contribution in [0.1, 0.15) is 56.1 Å². The van der Waals surface area contributed by atoms with E-state index in [1.165, 1.54) is 11.1 Å². The van der Waals surface area contributed by atoms with Crippen LogP contribution >= 0.6 is 0 Å². The summed E-state index contributed by atoms with van der Waals surface area (Å²) in [4.78, 5) is 17.4. The van der Waals surface area contributed by atoms with Crippen molar-refractivity contribution in [1.82, 2.24) is 9.80 Å². The van der Waals surface area contributed by atoms with E-state index in [1.54, 1.807) is 7.11 Å². The van der Waals surface area contributed by atoms with Crippen molar-refractivity contribution < 1.29 is 14.6 Å². The molecule has 1 aliphatic carbocycles. The normalized spacial score (nSPS) is 26.7. The van der Waals surface area contributed by atoms with Crippen LogP contribution in [0, 0.1) is 5.92 Å². The number of benzene rings is 2. The predicted molar refractivity (Wildman–Crippen MR) is 141 cm³/mol. The lowest BCUT2D eigenvalue weighted by Gasteiger charge is -2.55. The second-order valence-corrected chi connectivity index (χ2v) is 10.7. The lowest BCUT2D eigenvalue weighted by atomic mass is 9.57. The lowest BCUT2D eigenvalue weighted by Crippen LogP contribution is -2.60. The van der Waals surface area contributed by atoms with E-state index in [9.17, 15) is 9.90 Å². The van der Waals surface area contributed by atoms with E-state index < -0.39 is 6.10 Å². The van der Waals surface area contributed by atoms with Crippen molar-refractivity contribution in [2.75, 3.05) is 34.3 Å². The van der Waals surface area contributed by atoms with Crippen LogP contribution in [-0.2, 0) is 16.6 Å². The van der Waals surface area contributed by atoms with Crippen molar-refractivity contribution in [3.63, 3.8) is 0 Å². The van der Waals surface area contributed by atoms with Gasteiger partial charge in [0, 0.05) is 37.4 Å². The van der Waals surface area contributed by atoms with Crippen LogP contribution in [0.15, 0.2) is 54.6 Å². The molecule has 1 heterocycles. The van der Waals surface area contributed by atoms with E-state index in [2.05, 4.69) is 54.4 Å². The van der Waals surface area contributed by atoms with Gasteiger partial charge in [0.05, 0.1) is 13.2 Å². The predicted octanol–water partition coefficient (Wildman–Crippen LogP) is 4.67. The number of methoxy groups -OCH3 is 1. The molecule has 1 aliphatic heterocycles. The van der Waals surface area contributed by atoms with Crippen LogP contribution in [0.3, 0.4) is 0 Å². The summed E-state index contributed by atoms with van der Waals surface area (Å²) in [7, 11) is 5.79. The molecule has 1 amide bonds. The number of fused-ring (bicyclic) bond motifs is 1. The van der Waals surface area contributed by atoms with E-state index in [0.717, 1.165) is 57.4 Å². The lowest BCUT2D eigenvalue weighted by molar-refractivity contribution is -0.136. The smallest absolute Gasteiger partial charge is 0.222 e. The van der Waals surface area contributed by atoms with Crippen LogP contribution in [0.2, 0.25) is 0 Å². The van der Waals surface area contributed by atoms with Crippen LogP contribution in [0.4, 0.5) is 0 Å². The molecule has 4 atom stereocenters. The molecule has 1 saturated carbocycles. The van der Waals surface area contributed by atoms with E-state index in [1.807, 2.05) is 24.1 Å². The number of aliphatic hydroxyl groups excluding tert-OH is 1. The zero-order chi connectivity index (χ0) is 24.8. The number of piperidine rings is 1. The number of hydrogen-bond acceptors (Lipinski definition) is 4. The minimum atomic E-state index is -0.427. The highest BCUT2D eigenvalue weighted by atomic mass is 16.5.